The Morgan fingerprint density at radius 2 is 2.00 bits per heavy atom. The Morgan fingerprint density at radius 1 is 1.26 bits per heavy atom. The highest BCUT2D eigenvalue weighted by molar-refractivity contribution is 7.10. The van der Waals surface area contributed by atoms with Gasteiger partial charge in [0.05, 0.1) is 16.9 Å². The molecule has 0 radical (unpaired) electrons. The van der Waals surface area contributed by atoms with E-state index in [-0.39, 0.29) is 5.54 Å². The van der Waals surface area contributed by atoms with Crippen LogP contribution in [0.15, 0.2) is 17.6 Å². The van der Waals surface area contributed by atoms with Crippen LogP contribution in [-0.4, -0.2) is 14.8 Å². The van der Waals surface area contributed by atoms with E-state index in [2.05, 4.69) is 10.5 Å². The third kappa shape index (κ3) is 2.44. The van der Waals surface area contributed by atoms with Crippen molar-refractivity contribution >= 4 is 11.3 Å². The van der Waals surface area contributed by atoms with E-state index in [0.717, 1.165) is 29.2 Å². The lowest BCUT2D eigenvalue weighted by atomic mass is 9.92. The molecule has 0 bridgehead atoms. The van der Waals surface area contributed by atoms with E-state index in [1.165, 1.54) is 25.7 Å². The van der Waals surface area contributed by atoms with Crippen molar-refractivity contribution in [2.24, 2.45) is 12.8 Å². The van der Waals surface area contributed by atoms with Crippen LogP contribution in [0.25, 0.3) is 11.4 Å². The van der Waals surface area contributed by atoms with Crippen molar-refractivity contribution in [2.45, 2.75) is 44.1 Å². The SMILES string of the molecule is Cn1nccc1-c1csc(C2(N)CCCCCC2)n1. The van der Waals surface area contributed by atoms with E-state index in [9.17, 15) is 0 Å². The molecule has 0 aromatic carbocycles. The molecule has 0 amide bonds. The summed E-state index contributed by atoms with van der Waals surface area (Å²) in [5.41, 5.74) is 8.45. The molecule has 0 spiro atoms. The van der Waals surface area contributed by atoms with Gasteiger partial charge in [0.25, 0.3) is 0 Å². The Kier molecular flexibility index (Phi) is 3.41. The maximum atomic E-state index is 6.61. The summed E-state index contributed by atoms with van der Waals surface area (Å²) in [7, 11) is 1.94. The normalized spacial score (nSPS) is 19.3. The molecule has 1 saturated carbocycles. The molecule has 19 heavy (non-hydrogen) atoms. The summed E-state index contributed by atoms with van der Waals surface area (Å²) in [5.74, 6) is 0. The van der Waals surface area contributed by atoms with Crippen LogP contribution in [0.5, 0.6) is 0 Å². The zero-order valence-electron chi connectivity index (χ0n) is 11.3. The van der Waals surface area contributed by atoms with Crippen molar-refractivity contribution < 1.29 is 0 Å². The van der Waals surface area contributed by atoms with Crippen LogP contribution in [0.3, 0.4) is 0 Å². The summed E-state index contributed by atoms with van der Waals surface area (Å²) >= 11 is 1.69. The molecule has 5 heteroatoms. The first-order chi connectivity index (χ1) is 9.19. The Hall–Kier alpha value is -1.20. The quantitative estimate of drug-likeness (QED) is 0.858. The highest BCUT2D eigenvalue weighted by atomic mass is 32.1. The van der Waals surface area contributed by atoms with Gasteiger partial charge in [-0.2, -0.15) is 5.10 Å². The molecule has 0 unspecified atom stereocenters. The topological polar surface area (TPSA) is 56.7 Å². The minimum Gasteiger partial charge on any atom is -0.319 e. The fourth-order valence-electron chi connectivity index (χ4n) is 2.82. The molecular formula is C14H20N4S. The largest absolute Gasteiger partial charge is 0.319 e. The van der Waals surface area contributed by atoms with Gasteiger partial charge in [-0.3, -0.25) is 4.68 Å². The van der Waals surface area contributed by atoms with Crippen molar-refractivity contribution in [3.05, 3.63) is 22.7 Å². The van der Waals surface area contributed by atoms with E-state index in [4.69, 9.17) is 10.7 Å². The number of rotatable bonds is 2. The Bertz CT molecular complexity index is 549. The number of aryl methyl sites for hydroxylation is 1. The van der Waals surface area contributed by atoms with Crippen LogP contribution in [0, 0.1) is 0 Å². The molecule has 0 aliphatic heterocycles. The summed E-state index contributed by atoms with van der Waals surface area (Å²) < 4.78 is 1.86. The lowest BCUT2D eigenvalue weighted by Crippen LogP contribution is -2.35. The van der Waals surface area contributed by atoms with Crippen LogP contribution in [0.1, 0.15) is 43.5 Å². The molecule has 1 fully saturated rings. The fraction of sp³-hybridized carbons (Fsp3) is 0.571. The van der Waals surface area contributed by atoms with Gasteiger partial charge in [0.15, 0.2) is 0 Å². The van der Waals surface area contributed by atoms with E-state index >= 15 is 0 Å². The number of thiazole rings is 1. The second-order valence-corrected chi connectivity index (χ2v) is 6.31. The van der Waals surface area contributed by atoms with Gasteiger partial charge >= 0.3 is 0 Å². The summed E-state index contributed by atoms with van der Waals surface area (Å²) in [5, 5.41) is 7.39. The first-order valence-electron chi connectivity index (χ1n) is 6.92. The van der Waals surface area contributed by atoms with Crippen molar-refractivity contribution in [1.29, 1.82) is 0 Å². The van der Waals surface area contributed by atoms with Crippen LogP contribution in [0.4, 0.5) is 0 Å². The van der Waals surface area contributed by atoms with Gasteiger partial charge in [-0.25, -0.2) is 4.98 Å². The molecule has 0 saturated heterocycles. The summed E-state index contributed by atoms with van der Waals surface area (Å²) in [6.07, 6.45) is 8.97. The van der Waals surface area contributed by atoms with E-state index in [1.807, 2.05) is 17.8 Å². The monoisotopic (exact) mass is 276 g/mol. The zero-order chi connectivity index (χ0) is 13.3. The minimum absolute atomic E-state index is 0.210. The van der Waals surface area contributed by atoms with Crippen molar-refractivity contribution in [3.63, 3.8) is 0 Å². The molecular weight excluding hydrogens is 256 g/mol. The lowest BCUT2D eigenvalue weighted by molar-refractivity contribution is 0.384. The van der Waals surface area contributed by atoms with Gasteiger partial charge in [-0.05, 0) is 18.9 Å². The highest BCUT2D eigenvalue weighted by Crippen LogP contribution is 2.36. The van der Waals surface area contributed by atoms with Gasteiger partial charge in [0.1, 0.15) is 5.01 Å². The van der Waals surface area contributed by atoms with Crippen LogP contribution >= 0.6 is 11.3 Å². The third-order valence-corrected chi connectivity index (χ3v) is 5.07. The Labute approximate surface area is 117 Å². The maximum Gasteiger partial charge on any atom is 0.113 e. The number of hydrogen-bond acceptors (Lipinski definition) is 4. The van der Waals surface area contributed by atoms with Crippen molar-refractivity contribution in [1.82, 2.24) is 14.8 Å². The average Bonchev–Trinajstić information content (AvgIpc) is 2.97. The molecule has 2 aromatic heterocycles. The summed E-state index contributed by atoms with van der Waals surface area (Å²) in [4.78, 5) is 4.78. The standard InChI is InChI=1S/C14H20N4S/c1-18-12(6-9-16-18)11-10-19-13(17-11)14(15)7-4-2-3-5-8-14/h6,9-10H,2-5,7-8,15H2,1H3. The molecule has 0 atom stereocenters. The van der Waals surface area contributed by atoms with Gasteiger partial charge in [0, 0.05) is 18.6 Å². The summed E-state index contributed by atoms with van der Waals surface area (Å²) in [6.45, 7) is 0. The molecule has 1 aliphatic rings. The third-order valence-electron chi connectivity index (χ3n) is 4.01. The second-order valence-electron chi connectivity index (χ2n) is 5.45. The maximum absolute atomic E-state index is 6.61. The van der Waals surface area contributed by atoms with Gasteiger partial charge in [0.2, 0.25) is 0 Å². The minimum atomic E-state index is -0.210. The Morgan fingerprint density at radius 3 is 2.63 bits per heavy atom. The highest BCUT2D eigenvalue weighted by Gasteiger charge is 2.31. The molecule has 4 nitrogen and oxygen atoms in total. The average molecular weight is 276 g/mol. The first-order valence-corrected chi connectivity index (χ1v) is 7.80. The van der Waals surface area contributed by atoms with Gasteiger partial charge in [-0.1, -0.05) is 25.7 Å². The van der Waals surface area contributed by atoms with Crippen LogP contribution in [-0.2, 0) is 12.6 Å². The van der Waals surface area contributed by atoms with E-state index < -0.39 is 0 Å². The first kappa shape index (κ1) is 12.8. The van der Waals surface area contributed by atoms with E-state index in [0.29, 0.717) is 0 Å². The summed E-state index contributed by atoms with van der Waals surface area (Å²) in [6, 6.07) is 2.00. The predicted molar refractivity (Wildman–Crippen MR) is 77.9 cm³/mol. The number of hydrogen-bond donors (Lipinski definition) is 1. The molecule has 1 aliphatic carbocycles. The molecule has 2 N–H and O–H groups in total. The van der Waals surface area contributed by atoms with Gasteiger partial charge < -0.3 is 5.73 Å². The smallest absolute Gasteiger partial charge is 0.113 e. The fourth-order valence-corrected chi connectivity index (χ4v) is 3.81. The molecule has 2 aromatic rings. The number of nitrogens with two attached hydrogens (primary N) is 1. The van der Waals surface area contributed by atoms with Crippen molar-refractivity contribution in [3.8, 4) is 11.4 Å². The molecule has 3 rings (SSSR count). The molecule has 102 valence electrons. The zero-order valence-corrected chi connectivity index (χ0v) is 12.1. The number of nitrogens with zero attached hydrogens (tertiary/aromatic N) is 3. The molecule has 2 heterocycles. The number of aromatic nitrogens is 3. The van der Waals surface area contributed by atoms with Crippen LogP contribution < -0.4 is 5.73 Å². The van der Waals surface area contributed by atoms with Crippen LogP contribution in [0.2, 0.25) is 0 Å². The van der Waals surface area contributed by atoms with E-state index in [1.54, 1.807) is 17.5 Å². The van der Waals surface area contributed by atoms with Crippen molar-refractivity contribution in [2.75, 3.05) is 0 Å². The Balaban J connectivity index is 1.90. The predicted octanol–water partition coefficient (Wildman–Crippen LogP) is 3.05. The second kappa shape index (κ2) is 5.06. The van der Waals surface area contributed by atoms with Gasteiger partial charge in [-0.15, -0.1) is 11.3 Å². The lowest BCUT2D eigenvalue weighted by Gasteiger charge is -2.25.